The lowest BCUT2D eigenvalue weighted by Gasteiger charge is -2.65. The van der Waals surface area contributed by atoms with E-state index in [4.69, 9.17) is 0 Å². The molecule has 3 fully saturated rings. The number of rotatable bonds is 2. The first-order valence-electron chi connectivity index (χ1n) is 9.18. The van der Waals surface area contributed by atoms with E-state index in [2.05, 4.69) is 27.4 Å². The van der Waals surface area contributed by atoms with E-state index in [9.17, 15) is 10.2 Å². The molecule has 0 aliphatic heterocycles. The second-order valence-corrected chi connectivity index (χ2v) is 9.55. The summed E-state index contributed by atoms with van der Waals surface area (Å²) in [6.45, 7) is 11.2. The minimum Gasteiger partial charge on any atom is -0.396 e. The summed E-state index contributed by atoms with van der Waals surface area (Å²) in [6, 6.07) is 0. The largest absolute Gasteiger partial charge is 0.396 e. The van der Waals surface area contributed by atoms with Crippen molar-refractivity contribution in [1.82, 2.24) is 0 Å². The fourth-order valence-corrected chi connectivity index (χ4v) is 6.70. The van der Waals surface area contributed by atoms with Crippen molar-refractivity contribution in [2.45, 2.75) is 77.7 Å². The highest BCUT2D eigenvalue weighted by atomic mass is 16.3. The second kappa shape index (κ2) is 5.08. The van der Waals surface area contributed by atoms with Gasteiger partial charge in [0.15, 0.2) is 0 Å². The second-order valence-electron chi connectivity index (χ2n) is 9.55. The smallest absolute Gasteiger partial charge is 0.0690 e. The molecule has 0 aromatic heterocycles. The molecule has 0 aromatic carbocycles. The van der Waals surface area contributed by atoms with E-state index >= 15 is 0 Å². The zero-order valence-corrected chi connectivity index (χ0v) is 14.7. The van der Waals surface area contributed by atoms with Crippen molar-refractivity contribution in [1.29, 1.82) is 0 Å². The van der Waals surface area contributed by atoms with Crippen LogP contribution in [0.4, 0.5) is 0 Å². The van der Waals surface area contributed by atoms with Gasteiger partial charge in [0.05, 0.1) is 5.60 Å². The Bertz CT molecular complexity index is 457. The van der Waals surface area contributed by atoms with E-state index in [1.807, 2.05) is 6.08 Å². The van der Waals surface area contributed by atoms with Crippen LogP contribution in [0.3, 0.4) is 0 Å². The van der Waals surface area contributed by atoms with E-state index in [-0.39, 0.29) is 23.4 Å². The molecular weight excluding hydrogens is 272 g/mol. The first-order chi connectivity index (χ1) is 10.2. The highest BCUT2D eigenvalue weighted by Gasteiger charge is 2.63. The molecular formula is C20H34O2. The average molecular weight is 306 g/mol. The third kappa shape index (κ3) is 2.21. The number of hydrogen-bond donors (Lipinski definition) is 2. The van der Waals surface area contributed by atoms with Crippen LogP contribution in [0.15, 0.2) is 12.7 Å². The number of hydrogen-bond acceptors (Lipinski definition) is 2. The monoisotopic (exact) mass is 306 g/mol. The van der Waals surface area contributed by atoms with Gasteiger partial charge < -0.3 is 10.2 Å². The maximum atomic E-state index is 11.5. The van der Waals surface area contributed by atoms with Gasteiger partial charge in [0, 0.05) is 12.0 Å². The number of aliphatic hydroxyl groups is 2. The summed E-state index contributed by atoms with van der Waals surface area (Å²) in [4.78, 5) is 0. The molecule has 2 N–H and O–H groups in total. The van der Waals surface area contributed by atoms with Gasteiger partial charge in [0.25, 0.3) is 0 Å². The van der Waals surface area contributed by atoms with Crippen molar-refractivity contribution in [3.63, 3.8) is 0 Å². The molecule has 3 aliphatic carbocycles. The van der Waals surface area contributed by atoms with Gasteiger partial charge in [-0.1, -0.05) is 33.3 Å². The highest BCUT2D eigenvalue weighted by Crippen LogP contribution is 2.66. The molecule has 0 saturated heterocycles. The van der Waals surface area contributed by atoms with Gasteiger partial charge >= 0.3 is 0 Å². The first kappa shape index (κ1) is 16.5. The normalized spacial score (nSPS) is 50.8. The standard InChI is InChI=1S/C20H34O2/c1-5-18(4)11-7-16-19(14-21)10-6-9-17(2,3)15(19)8-12-20(16,22)13-18/h5,15-16,21-22H,1,6-14H2,2-4H3/t15-,16-,18-,19+,20+/m0/s1. The van der Waals surface area contributed by atoms with Crippen LogP contribution >= 0.6 is 0 Å². The Balaban J connectivity index is 1.99. The van der Waals surface area contributed by atoms with Crippen molar-refractivity contribution in [3.8, 4) is 0 Å². The van der Waals surface area contributed by atoms with E-state index in [1.165, 1.54) is 12.8 Å². The molecule has 2 heteroatoms. The molecule has 0 radical (unpaired) electrons. The van der Waals surface area contributed by atoms with Crippen molar-refractivity contribution < 1.29 is 10.2 Å². The minimum atomic E-state index is -0.603. The van der Waals surface area contributed by atoms with Crippen LogP contribution in [0.5, 0.6) is 0 Å². The topological polar surface area (TPSA) is 40.5 Å². The lowest BCUT2D eigenvalue weighted by atomic mass is 9.41. The highest BCUT2D eigenvalue weighted by molar-refractivity contribution is 5.15. The minimum absolute atomic E-state index is 0.0545. The fourth-order valence-electron chi connectivity index (χ4n) is 6.70. The summed E-state index contributed by atoms with van der Waals surface area (Å²) in [7, 11) is 0. The predicted molar refractivity (Wildman–Crippen MR) is 90.5 cm³/mol. The molecule has 3 saturated carbocycles. The number of allylic oxidation sites excluding steroid dienone is 1. The Kier molecular flexibility index (Phi) is 3.81. The lowest BCUT2D eigenvalue weighted by molar-refractivity contribution is -0.221. The van der Waals surface area contributed by atoms with Crippen LogP contribution in [0.2, 0.25) is 0 Å². The van der Waals surface area contributed by atoms with E-state index in [0.717, 1.165) is 38.5 Å². The predicted octanol–water partition coefficient (Wildman–Crippen LogP) is 4.31. The molecule has 2 nitrogen and oxygen atoms in total. The lowest BCUT2D eigenvalue weighted by Crippen LogP contribution is -2.63. The molecule has 0 bridgehead atoms. The quantitative estimate of drug-likeness (QED) is 0.746. The summed E-state index contributed by atoms with van der Waals surface area (Å²) in [5.41, 5.74) is -0.314. The van der Waals surface area contributed by atoms with Crippen LogP contribution in [-0.4, -0.2) is 22.4 Å². The Hall–Kier alpha value is -0.340. The fraction of sp³-hybridized carbons (Fsp3) is 0.900. The van der Waals surface area contributed by atoms with Crippen LogP contribution in [0.25, 0.3) is 0 Å². The Labute approximate surface area is 136 Å². The molecule has 3 rings (SSSR count). The number of aliphatic hydroxyl groups excluding tert-OH is 1. The molecule has 126 valence electrons. The molecule has 5 atom stereocenters. The van der Waals surface area contributed by atoms with E-state index in [1.54, 1.807) is 0 Å². The van der Waals surface area contributed by atoms with E-state index < -0.39 is 5.60 Å². The van der Waals surface area contributed by atoms with E-state index in [0.29, 0.717) is 11.3 Å². The van der Waals surface area contributed by atoms with Crippen LogP contribution in [0, 0.1) is 28.1 Å². The van der Waals surface area contributed by atoms with Gasteiger partial charge in [-0.05, 0) is 67.6 Å². The Morgan fingerprint density at radius 2 is 1.73 bits per heavy atom. The van der Waals surface area contributed by atoms with Crippen molar-refractivity contribution in [2.24, 2.45) is 28.1 Å². The first-order valence-corrected chi connectivity index (χ1v) is 9.18. The summed E-state index contributed by atoms with van der Waals surface area (Å²) < 4.78 is 0. The van der Waals surface area contributed by atoms with Gasteiger partial charge in [-0.2, -0.15) is 0 Å². The van der Waals surface area contributed by atoms with Gasteiger partial charge in [-0.25, -0.2) is 0 Å². The van der Waals surface area contributed by atoms with Crippen LogP contribution in [0.1, 0.15) is 72.1 Å². The van der Waals surface area contributed by atoms with Crippen molar-refractivity contribution in [3.05, 3.63) is 12.7 Å². The molecule has 0 unspecified atom stereocenters. The molecule has 3 aliphatic rings. The van der Waals surface area contributed by atoms with Crippen molar-refractivity contribution in [2.75, 3.05) is 6.61 Å². The maximum absolute atomic E-state index is 11.5. The third-order valence-electron chi connectivity index (χ3n) is 7.81. The van der Waals surface area contributed by atoms with Crippen LogP contribution < -0.4 is 0 Å². The zero-order chi connectivity index (χ0) is 16.2. The third-order valence-corrected chi connectivity index (χ3v) is 7.81. The Morgan fingerprint density at radius 1 is 1.05 bits per heavy atom. The summed E-state index contributed by atoms with van der Waals surface area (Å²) in [5.74, 6) is 0.813. The summed E-state index contributed by atoms with van der Waals surface area (Å²) in [6.07, 6.45) is 10.5. The van der Waals surface area contributed by atoms with Gasteiger partial charge in [-0.3, -0.25) is 0 Å². The molecule has 0 amide bonds. The van der Waals surface area contributed by atoms with Crippen molar-refractivity contribution >= 4 is 0 Å². The van der Waals surface area contributed by atoms with Gasteiger partial charge in [0.1, 0.15) is 0 Å². The van der Waals surface area contributed by atoms with Gasteiger partial charge in [-0.15, -0.1) is 6.58 Å². The molecule has 0 spiro atoms. The van der Waals surface area contributed by atoms with Crippen LogP contribution in [-0.2, 0) is 0 Å². The maximum Gasteiger partial charge on any atom is 0.0690 e. The molecule has 22 heavy (non-hydrogen) atoms. The zero-order valence-electron chi connectivity index (χ0n) is 14.7. The average Bonchev–Trinajstić information content (AvgIpc) is 2.45. The summed E-state index contributed by atoms with van der Waals surface area (Å²) >= 11 is 0. The number of fused-ring (bicyclic) bond motifs is 3. The Morgan fingerprint density at radius 3 is 2.36 bits per heavy atom. The summed E-state index contributed by atoms with van der Waals surface area (Å²) in [5, 5.41) is 21.9. The SMILES string of the molecule is C=C[C@@]1(C)CC[C@@H]2[C@@](O)(CC[C@H]3C(C)(C)CCC[C@]23CO)C1. The molecule has 0 heterocycles. The van der Waals surface area contributed by atoms with Gasteiger partial charge in [0.2, 0.25) is 0 Å². The molecule has 0 aromatic rings.